The molecule has 0 atom stereocenters. The van der Waals surface area contributed by atoms with Crippen LogP contribution in [0.1, 0.15) is 17.4 Å². The van der Waals surface area contributed by atoms with Gasteiger partial charge in [-0.1, -0.05) is 5.21 Å². The van der Waals surface area contributed by atoms with E-state index in [1.54, 1.807) is 30.2 Å². The number of hydrogen-bond acceptors (Lipinski definition) is 8. The molecule has 0 aliphatic heterocycles. The second kappa shape index (κ2) is 6.11. The predicted molar refractivity (Wildman–Crippen MR) is 85.9 cm³/mol. The molecule has 9 heteroatoms. The first kappa shape index (κ1) is 14.9. The van der Waals surface area contributed by atoms with Crippen LogP contribution in [-0.4, -0.2) is 42.5 Å². The average Bonchev–Trinajstić information content (AvgIpc) is 3.31. The van der Waals surface area contributed by atoms with Crippen LogP contribution in [0.2, 0.25) is 0 Å². The number of hydrogen-bond donors (Lipinski definition) is 0. The normalized spacial score (nSPS) is 10.9. The van der Waals surface area contributed by atoms with Crippen molar-refractivity contribution in [3.05, 3.63) is 48.7 Å². The molecule has 0 radical (unpaired) electrons. The van der Waals surface area contributed by atoms with Gasteiger partial charge in [0.05, 0.1) is 29.5 Å². The zero-order chi connectivity index (χ0) is 17.2. The maximum absolute atomic E-state index is 11.6. The minimum atomic E-state index is -0.544. The Hall–Kier alpha value is -3.62. The van der Waals surface area contributed by atoms with Crippen LogP contribution in [0.15, 0.2) is 47.5 Å². The molecule has 0 amide bonds. The Balaban J connectivity index is 1.64. The molecule has 0 fully saturated rings. The number of ether oxygens (including phenoxy) is 1. The Bertz CT molecular complexity index is 1050. The molecule has 0 unspecified atom stereocenters. The molecular formula is C16H12N6O3. The van der Waals surface area contributed by atoms with Crippen LogP contribution in [0.25, 0.3) is 28.3 Å². The largest absolute Gasteiger partial charge is 0.461 e. The van der Waals surface area contributed by atoms with Gasteiger partial charge in [0.2, 0.25) is 5.89 Å². The number of fused-ring (bicyclic) bond motifs is 1. The van der Waals surface area contributed by atoms with E-state index < -0.39 is 5.97 Å². The van der Waals surface area contributed by atoms with Crippen LogP contribution in [0.3, 0.4) is 0 Å². The van der Waals surface area contributed by atoms with Crippen molar-refractivity contribution in [1.82, 2.24) is 29.9 Å². The minimum absolute atomic E-state index is 0.0902. The summed E-state index contributed by atoms with van der Waals surface area (Å²) < 4.78 is 11.7. The Morgan fingerprint density at radius 3 is 2.92 bits per heavy atom. The van der Waals surface area contributed by atoms with E-state index >= 15 is 0 Å². The highest BCUT2D eigenvalue weighted by Crippen LogP contribution is 2.19. The molecule has 0 aliphatic rings. The lowest BCUT2D eigenvalue weighted by Crippen LogP contribution is -2.04. The third kappa shape index (κ3) is 2.82. The van der Waals surface area contributed by atoms with E-state index in [1.165, 1.54) is 6.26 Å². The Morgan fingerprint density at radius 1 is 1.24 bits per heavy atom. The molecule has 25 heavy (non-hydrogen) atoms. The van der Waals surface area contributed by atoms with E-state index in [0.717, 1.165) is 16.7 Å². The number of carbonyl (C=O) groups excluding carboxylic acids is 1. The van der Waals surface area contributed by atoms with Gasteiger partial charge in [0.25, 0.3) is 0 Å². The highest BCUT2D eigenvalue weighted by Gasteiger charge is 2.17. The zero-order valence-corrected chi connectivity index (χ0v) is 13.2. The smallest absolute Gasteiger partial charge is 0.360 e. The number of carbonyl (C=O) groups is 1. The Morgan fingerprint density at radius 2 is 2.08 bits per heavy atom. The SMILES string of the molecule is CCOC(=O)c1coc(-c2cn(-c3ccc4nccnc4c3)nn2)n1. The molecule has 0 saturated carbocycles. The second-order valence-corrected chi connectivity index (χ2v) is 5.04. The molecule has 3 heterocycles. The Labute approximate surface area is 141 Å². The predicted octanol–water partition coefficient (Wildman–Crippen LogP) is 2.04. The second-order valence-electron chi connectivity index (χ2n) is 5.04. The third-order valence-corrected chi connectivity index (χ3v) is 3.42. The molecule has 4 aromatic rings. The molecular weight excluding hydrogens is 324 g/mol. The fraction of sp³-hybridized carbons (Fsp3) is 0.125. The van der Waals surface area contributed by atoms with Crippen LogP contribution < -0.4 is 0 Å². The van der Waals surface area contributed by atoms with Crippen molar-refractivity contribution in [1.29, 1.82) is 0 Å². The van der Waals surface area contributed by atoms with Gasteiger partial charge >= 0.3 is 5.97 Å². The van der Waals surface area contributed by atoms with Crippen LogP contribution >= 0.6 is 0 Å². The lowest BCUT2D eigenvalue weighted by Gasteiger charge is -2.01. The summed E-state index contributed by atoms with van der Waals surface area (Å²) >= 11 is 0. The maximum Gasteiger partial charge on any atom is 0.360 e. The number of rotatable bonds is 4. The highest BCUT2D eigenvalue weighted by atomic mass is 16.5. The van der Waals surface area contributed by atoms with Crippen LogP contribution in [0.5, 0.6) is 0 Å². The first-order valence-corrected chi connectivity index (χ1v) is 7.51. The molecule has 0 spiro atoms. The zero-order valence-electron chi connectivity index (χ0n) is 13.2. The summed E-state index contributed by atoms with van der Waals surface area (Å²) in [6, 6.07) is 5.55. The Kier molecular flexibility index (Phi) is 3.65. The lowest BCUT2D eigenvalue weighted by atomic mass is 10.2. The third-order valence-electron chi connectivity index (χ3n) is 3.42. The minimum Gasteiger partial charge on any atom is -0.461 e. The van der Waals surface area contributed by atoms with E-state index in [4.69, 9.17) is 9.15 Å². The summed E-state index contributed by atoms with van der Waals surface area (Å²) in [7, 11) is 0. The molecule has 124 valence electrons. The number of oxazole rings is 1. The molecule has 0 bridgehead atoms. The van der Waals surface area contributed by atoms with Gasteiger partial charge in [0.15, 0.2) is 11.4 Å². The summed E-state index contributed by atoms with van der Waals surface area (Å²) in [4.78, 5) is 24.2. The van der Waals surface area contributed by atoms with Gasteiger partial charge in [-0.05, 0) is 25.1 Å². The number of benzene rings is 1. The summed E-state index contributed by atoms with van der Waals surface area (Å²) in [5.74, 6) is -0.354. The van der Waals surface area contributed by atoms with Crippen LogP contribution in [0, 0.1) is 0 Å². The van der Waals surface area contributed by atoms with Crippen molar-refractivity contribution >= 4 is 17.0 Å². The summed E-state index contributed by atoms with van der Waals surface area (Å²) in [6.45, 7) is 1.99. The van der Waals surface area contributed by atoms with Gasteiger partial charge in [-0.25, -0.2) is 14.5 Å². The van der Waals surface area contributed by atoms with Gasteiger partial charge in [-0.2, -0.15) is 0 Å². The van der Waals surface area contributed by atoms with Gasteiger partial charge in [0, 0.05) is 12.4 Å². The number of nitrogens with zero attached hydrogens (tertiary/aromatic N) is 6. The van der Waals surface area contributed by atoms with Crippen molar-refractivity contribution in [3.8, 4) is 17.3 Å². The van der Waals surface area contributed by atoms with Crippen molar-refractivity contribution in [3.63, 3.8) is 0 Å². The van der Waals surface area contributed by atoms with Crippen molar-refractivity contribution in [2.75, 3.05) is 6.61 Å². The standard InChI is InChI=1S/C16H12N6O3/c1-2-24-16(23)14-9-25-15(19-14)13-8-22(21-20-13)10-3-4-11-12(7-10)18-6-5-17-11/h3-9H,2H2,1H3. The van der Waals surface area contributed by atoms with Crippen molar-refractivity contribution in [2.24, 2.45) is 0 Å². The molecule has 3 aromatic heterocycles. The summed E-state index contributed by atoms with van der Waals surface area (Å²) in [5, 5.41) is 8.09. The molecule has 0 N–H and O–H groups in total. The van der Waals surface area contributed by atoms with E-state index in [1.807, 2.05) is 18.2 Å². The van der Waals surface area contributed by atoms with E-state index in [9.17, 15) is 4.79 Å². The van der Waals surface area contributed by atoms with Crippen molar-refractivity contribution in [2.45, 2.75) is 6.92 Å². The van der Waals surface area contributed by atoms with Crippen molar-refractivity contribution < 1.29 is 13.9 Å². The molecule has 1 aromatic carbocycles. The average molecular weight is 336 g/mol. The van der Waals surface area contributed by atoms with Gasteiger partial charge in [0.1, 0.15) is 6.26 Å². The van der Waals surface area contributed by atoms with Gasteiger partial charge in [-0.3, -0.25) is 9.97 Å². The topological polar surface area (TPSA) is 109 Å². The first-order chi connectivity index (χ1) is 12.2. The van der Waals surface area contributed by atoms with Crippen LogP contribution in [-0.2, 0) is 4.74 Å². The van der Waals surface area contributed by atoms with Gasteiger partial charge in [-0.15, -0.1) is 5.10 Å². The molecule has 0 aliphatic carbocycles. The van der Waals surface area contributed by atoms with Crippen LogP contribution in [0.4, 0.5) is 0 Å². The fourth-order valence-electron chi connectivity index (χ4n) is 2.27. The number of esters is 1. The van der Waals surface area contributed by atoms with E-state index in [2.05, 4.69) is 25.3 Å². The summed E-state index contributed by atoms with van der Waals surface area (Å²) in [6.07, 6.45) is 6.15. The lowest BCUT2D eigenvalue weighted by molar-refractivity contribution is 0.0519. The monoisotopic (exact) mass is 336 g/mol. The van der Waals surface area contributed by atoms with E-state index in [0.29, 0.717) is 5.69 Å². The van der Waals surface area contributed by atoms with Gasteiger partial charge < -0.3 is 9.15 Å². The van der Waals surface area contributed by atoms with E-state index in [-0.39, 0.29) is 18.2 Å². The summed E-state index contributed by atoms with van der Waals surface area (Å²) in [5.41, 5.74) is 2.79. The molecule has 9 nitrogen and oxygen atoms in total. The molecule has 0 saturated heterocycles. The highest BCUT2D eigenvalue weighted by molar-refractivity contribution is 5.87. The number of aromatic nitrogens is 6. The fourth-order valence-corrected chi connectivity index (χ4v) is 2.27. The molecule has 4 rings (SSSR count). The first-order valence-electron chi connectivity index (χ1n) is 7.51. The maximum atomic E-state index is 11.6. The quantitative estimate of drug-likeness (QED) is 0.521.